The summed E-state index contributed by atoms with van der Waals surface area (Å²) < 4.78 is 0.952. The molecular weight excluding hydrogens is 246 g/mol. The molecular formula is C14H17NS2. The zero-order chi connectivity index (χ0) is 12.1. The van der Waals surface area contributed by atoms with Gasteiger partial charge in [0.15, 0.2) is 0 Å². The Labute approximate surface area is 113 Å². The molecule has 90 valence electrons. The molecule has 0 aromatic heterocycles. The van der Waals surface area contributed by atoms with Crippen LogP contribution < -0.4 is 4.90 Å². The molecule has 0 amide bonds. The van der Waals surface area contributed by atoms with Crippen LogP contribution in [0.2, 0.25) is 0 Å². The van der Waals surface area contributed by atoms with E-state index < -0.39 is 0 Å². The molecule has 1 aromatic carbocycles. The minimum absolute atomic E-state index is 0.558. The zero-order valence-corrected chi connectivity index (χ0v) is 11.6. The number of thiocarbonyl (C=S) groups is 1. The first-order valence-corrected chi connectivity index (χ1v) is 7.22. The molecule has 0 heterocycles. The van der Waals surface area contributed by atoms with Gasteiger partial charge in [-0.2, -0.15) is 0 Å². The van der Waals surface area contributed by atoms with E-state index in [0.717, 1.165) is 10.0 Å². The van der Waals surface area contributed by atoms with Crippen LogP contribution in [-0.2, 0) is 0 Å². The molecule has 1 aliphatic rings. The van der Waals surface area contributed by atoms with Crippen molar-refractivity contribution < 1.29 is 0 Å². The van der Waals surface area contributed by atoms with E-state index in [1.165, 1.54) is 19.3 Å². The van der Waals surface area contributed by atoms with E-state index in [-0.39, 0.29) is 0 Å². The fourth-order valence-electron chi connectivity index (χ4n) is 1.84. The minimum Gasteiger partial charge on any atom is -0.330 e. The van der Waals surface area contributed by atoms with Crippen molar-refractivity contribution in [2.24, 2.45) is 0 Å². The summed E-state index contributed by atoms with van der Waals surface area (Å²) in [6.07, 6.45) is 8.31. The highest BCUT2D eigenvalue weighted by molar-refractivity contribution is 8.23. The largest absolute Gasteiger partial charge is 0.330 e. The fraction of sp³-hybridized carbons (Fsp3) is 0.357. The second-order valence-electron chi connectivity index (χ2n) is 4.18. The Morgan fingerprint density at radius 2 is 2.12 bits per heavy atom. The zero-order valence-electron chi connectivity index (χ0n) is 10.0. The van der Waals surface area contributed by atoms with Crippen LogP contribution in [0.3, 0.4) is 0 Å². The number of nitrogens with zero attached hydrogens (tertiary/aromatic N) is 1. The number of para-hydroxylation sites is 1. The van der Waals surface area contributed by atoms with Crippen molar-refractivity contribution in [2.45, 2.75) is 24.5 Å². The number of benzene rings is 1. The molecule has 0 spiro atoms. The van der Waals surface area contributed by atoms with Crippen molar-refractivity contribution in [3.8, 4) is 0 Å². The summed E-state index contributed by atoms with van der Waals surface area (Å²) in [5.74, 6) is 0. The molecule has 2 rings (SSSR count). The number of anilines is 1. The molecule has 3 heteroatoms. The van der Waals surface area contributed by atoms with Crippen molar-refractivity contribution in [3.05, 3.63) is 42.5 Å². The van der Waals surface area contributed by atoms with E-state index in [0.29, 0.717) is 5.25 Å². The van der Waals surface area contributed by atoms with Gasteiger partial charge in [-0.3, -0.25) is 0 Å². The van der Waals surface area contributed by atoms with Crippen molar-refractivity contribution >= 4 is 34.0 Å². The Morgan fingerprint density at radius 3 is 2.76 bits per heavy atom. The van der Waals surface area contributed by atoms with Gasteiger partial charge in [0, 0.05) is 18.0 Å². The van der Waals surface area contributed by atoms with Gasteiger partial charge >= 0.3 is 0 Å². The molecule has 0 saturated carbocycles. The monoisotopic (exact) mass is 263 g/mol. The van der Waals surface area contributed by atoms with E-state index in [1.807, 2.05) is 25.2 Å². The Hall–Kier alpha value is -0.800. The third-order valence-corrected chi connectivity index (χ3v) is 4.61. The smallest absolute Gasteiger partial charge is 0.141 e. The van der Waals surface area contributed by atoms with E-state index >= 15 is 0 Å². The van der Waals surface area contributed by atoms with Crippen LogP contribution >= 0.6 is 24.0 Å². The van der Waals surface area contributed by atoms with Crippen LogP contribution in [0.4, 0.5) is 5.69 Å². The van der Waals surface area contributed by atoms with Crippen molar-refractivity contribution in [3.63, 3.8) is 0 Å². The SMILES string of the molecule is CN(C(=S)SC1C=CCCC1)c1ccccc1. The summed E-state index contributed by atoms with van der Waals surface area (Å²) in [6, 6.07) is 10.3. The van der Waals surface area contributed by atoms with Gasteiger partial charge in [-0.1, -0.05) is 54.3 Å². The summed E-state index contributed by atoms with van der Waals surface area (Å²) in [5, 5.41) is 0.558. The fourth-order valence-corrected chi connectivity index (χ4v) is 3.32. The number of rotatable bonds is 2. The van der Waals surface area contributed by atoms with Gasteiger partial charge < -0.3 is 4.90 Å². The minimum atomic E-state index is 0.558. The Morgan fingerprint density at radius 1 is 1.35 bits per heavy atom. The van der Waals surface area contributed by atoms with Crippen LogP contribution in [0.25, 0.3) is 0 Å². The average molecular weight is 263 g/mol. The van der Waals surface area contributed by atoms with Crippen molar-refractivity contribution in [2.75, 3.05) is 11.9 Å². The third kappa shape index (κ3) is 3.58. The van der Waals surface area contributed by atoms with E-state index in [2.05, 4.69) is 29.2 Å². The maximum absolute atomic E-state index is 5.49. The second-order valence-corrected chi connectivity index (χ2v) is 6.05. The second kappa shape index (κ2) is 6.22. The Kier molecular flexibility index (Phi) is 4.63. The van der Waals surface area contributed by atoms with Gasteiger partial charge in [0.25, 0.3) is 0 Å². The van der Waals surface area contributed by atoms with Gasteiger partial charge in [-0.25, -0.2) is 0 Å². The molecule has 1 unspecified atom stereocenters. The highest BCUT2D eigenvalue weighted by Crippen LogP contribution is 2.27. The lowest BCUT2D eigenvalue weighted by molar-refractivity contribution is 0.743. The predicted molar refractivity (Wildman–Crippen MR) is 81.8 cm³/mol. The molecule has 1 atom stereocenters. The van der Waals surface area contributed by atoms with Gasteiger partial charge in [-0.05, 0) is 31.4 Å². The molecule has 17 heavy (non-hydrogen) atoms. The molecule has 1 aliphatic carbocycles. The van der Waals surface area contributed by atoms with E-state index in [9.17, 15) is 0 Å². The molecule has 0 N–H and O–H groups in total. The molecule has 0 aliphatic heterocycles. The lowest BCUT2D eigenvalue weighted by Gasteiger charge is -2.23. The summed E-state index contributed by atoms with van der Waals surface area (Å²) in [4.78, 5) is 2.09. The number of allylic oxidation sites excluding steroid dienone is 1. The van der Waals surface area contributed by atoms with Crippen LogP contribution in [0.1, 0.15) is 19.3 Å². The van der Waals surface area contributed by atoms with Crippen molar-refractivity contribution in [1.29, 1.82) is 0 Å². The summed E-state index contributed by atoms with van der Waals surface area (Å²) >= 11 is 7.29. The van der Waals surface area contributed by atoms with Crippen LogP contribution in [-0.4, -0.2) is 16.6 Å². The lowest BCUT2D eigenvalue weighted by atomic mass is 10.1. The number of hydrogen-bond acceptors (Lipinski definition) is 2. The maximum atomic E-state index is 5.49. The van der Waals surface area contributed by atoms with E-state index in [1.54, 1.807) is 11.8 Å². The Balaban J connectivity index is 1.95. The average Bonchev–Trinajstić information content (AvgIpc) is 2.40. The van der Waals surface area contributed by atoms with Crippen LogP contribution in [0, 0.1) is 0 Å². The molecule has 1 nitrogen and oxygen atoms in total. The van der Waals surface area contributed by atoms with Gasteiger partial charge in [0.05, 0.1) is 0 Å². The quantitative estimate of drug-likeness (QED) is 0.580. The van der Waals surface area contributed by atoms with Crippen molar-refractivity contribution in [1.82, 2.24) is 0 Å². The standard InChI is InChI=1S/C14H17NS2/c1-15(12-8-4-2-5-9-12)14(16)17-13-10-6-3-7-11-13/h2,4-6,8-10,13H,3,7,11H2,1H3. The highest BCUT2D eigenvalue weighted by atomic mass is 32.2. The summed E-state index contributed by atoms with van der Waals surface area (Å²) in [6.45, 7) is 0. The molecule has 0 saturated heterocycles. The normalized spacial score (nSPS) is 19.0. The topological polar surface area (TPSA) is 3.24 Å². The van der Waals surface area contributed by atoms with Crippen LogP contribution in [0.15, 0.2) is 42.5 Å². The highest BCUT2D eigenvalue weighted by Gasteiger charge is 2.14. The van der Waals surface area contributed by atoms with Gasteiger partial charge in [0.1, 0.15) is 4.32 Å². The number of thioether (sulfide) groups is 1. The van der Waals surface area contributed by atoms with Gasteiger partial charge in [0.2, 0.25) is 0 Å². The Bertz CT molecular complexity index is 400. The first-order valence-electron chi connectivity index (χ1n) is 5.93. The number of hydrogen-bond donors (Lipinski definition) is 0. The molecule has 1 aromatic rings. The van der Waals surface area contributed by atoms with Crippen LogP contribution in [0.5, 0.6) is 0 Å². The maximum Gasteiger partial charge on any atom is 0.141 e. The molecule has 0 radical (unpaired) electrons. The summed E-state index contributed by atoms with van der Waals surface area (Å²) in [7, 11) is 2.04. The molecule has 0 bridgehead atoms. The summed E-state index contributed by atoms with van der Waals surface area (Å²) in [5.41, 5.74) is 1.16. The lowest BCUT2D eigenvalue weighted by Crippen LogP contribution is -2.23. The first-order chi connectivity index (χ1) is 8.27. The first kappa shape index (κ1) is 12.7. The van der Waals surface area contributed by atoms with Gasteiger partial charge in [-0.15, -0.1) is 0 Å². The molecule has 0 fully saturated rings. The van der Waals surface area contributed by atoms with E-state index in [4.69, 9.17) is 12.2 Å². The third-order valence-electron chi connectivity index (χ3n) is 2.88. The predicted octanol–water partition coefficient (Wildman–Crippen LogP) is 4.25.